The molecule has 0 radical (unpaired) electrons. The van der Waals surface area contributed by atoms with Crippen molar-refractivity contribution in [2.45, 2.75) is 13.8 Å². The Labute approximate surface area is 181 Å². The van der Waals surface area contributed by atoms with Crippen LogP contribution in [0.5, 0.6) is 0 Å². The summed E-state index contributed by atoms with van der Waals surface area (Å²) in [5, 5.41) is 5.93. The fraction of sp³-hybridized carbons (Fsp3) is 0.217. The van der Waals surface area contributed by atoms with E-state index in [9.17, 15) is 9.59 Å². The van der Waals surface area contributed by atoms with Crippen LogP contribution in [0.1, 0.15) is 13.8 Å². The topological polar surface area (TPSA) is 96.5 Å². The van der Waals surface area contributed by atoms with Crippen molar-refractivity contribution in [2.75, 3.05) is 35.7 Å². The molecule has 1 amide bonds. The summed E-state index contributed by atoms with van der Waals surface area (Å²) in [7, 11) is 1.84. The van der Waals surface area contributed by atoms with Crippen LogP contribution in [-0.4, -0.2) is 42.0 Å². The van der Waals surface area contributed by atoms with Gasteiger partial charge in [0.2, 0.25) is 11.9 Å². The maximum Gasteiger partial charge on any atom is 0.325 e. The SMILES string of the molecule is CCOC(=O)CN(C)c1ccc(Nc2nccc(-c3ccc(NC(C)=O)cc3)n2)cc1. The van der Waals surface area contributed by atoms with E-state index in [1.165, 1.54) is 6.92 Å². The molecule has 8 nitrogen and oxygen atoms in total. The molecule has 0 saturated carbocycles. The van der Waals surface area contributed by atoms with E-state index in [0.717, 1.165) is 28.3 Å². The number of hydrogen-bond donors (Lipinski definition) is 2. The van der Waals surface area contributed by atoms with Gasteiger partial charge in [-0.2, -0.15) is 0 Å². The van der Waals surface area contributed by atoms with E-state index in [2.05, 4.69) is 20.6 Å². The van der Waals surface area contributed by atoms with Gasteiger partial charge in [-0.15, -0.1) is 0 Å². The number of benzene rings is 2. The molecule has 0 aliphatic carbocycles. The van der Waals surface area contributed by atoms with E-state index in [1.807, 2.05) is 66.5 Å². The Hall–Kier alpha value is -3.94. The molecule has 0 aliphatic heterocycles. The summed E-state index contributed by atoms with van der Waals surface area (Å²) >= 11 is 0. The number of esters is 1. The summed E-state index contributed by atoms with van der Waals surface area (Å²) in [5.41, 5.74) is 4.13. The second-order valence-corrected chi connectivity index (χ2v) is 6.86. The van der Waals surface area contributed by atoms with Crippen LogP contribution in [0.3, 0.4) is 0 Å². The fourth-order valence-corrected chi connectivity index (χ4v) is 2.93. The van der Waals surface area contributed by atoms with E-state index in [4.69, 9.17) is 4.74 Å². The van der Waals surface area contributed by atoms with Crippen LogP contribution in [0.15, 0.2) is 60.8 Å². The molecule has 2 aromatic carbocycles. The lowest BCUT2D eigenvalue weighted by molar-refractivity contribution is -0.141. The summed E-state index contributed by atoms with van der Waals surface area (Å²) in [6.45, 7) is 3.82. The number of aromatic nitrogens is 2. The molecule has 0 unspecified atom stereocenters. The molecule has 2 N–H and O–H groups in total. The Morgan fingerprint density at radius 2 is 1.68 bits per heavy atom. The minimum Gasteiger partial charge on any atom is -0.465 e. The van der Waals surface area contributed by atoms with Crippen LogP contribution >= 0.6 is 0 Å². The zero-order valence-electron chi connectivity index (χ0n) is 17.8. The first-order valence-electron chi connectivity index (χ1n) is 9.89. The summed E-state index contributed by atoms with van der Waals surface area (Å²) in [5.74, 6) is 0.0953. The number of anilines is 4. The van der Waals surface area contributed by atoms with Gasteiger partial charge in [-0.25, -0.2) is 9.97 Å². The Morgan fingerprint density at radius 3 is 2.32 bits per heavy atom. The molecule has 160 valence electrons. The number of amides is 1. The molecular formula is C23H25N5O3. The number of carbonyl (C=O) groups excluding carboxylic acids is 2. The first-order chi connectivity index (χ1) is 14.9. The third kappa shape index (κ3) is 6.27. The Bertz CT molecular complexity index is 1040. The van der Waals surface area contributed by atoms with Crippen molar-refractivity contribution in [3.8, 4) is 11.3 Å². The van der Waals surface area contributed by atoms with Crippen molar-refractivity contribution in [1.29, 1.82) is 0 Å². The molecule has 0 saturated heterocycles. The second kappa shape index (κ2) is 10.2. The van der Waals surface area contributed by atoms with E-state index in [-0.39, 0.29) is 18.4 Å². The van der Waals surface area contributed by atoms with Gasteiger partial charge in [-0.05, 0) is 49.4 Å². The molecule has 1 aromatic heterocycles. The lowest BCUT2D eigenvalue weighted by Gasteiger charge is -2.18. The predicted octanol–water partition coefficient (Wildman–Crippen LogP) is 3.84. The highest BCUT2D eigenvalue weighted by Gasteiger charge is 2.09. The van der Waals surface area contributed by atoms with Gasteiger partial charge in [0.05, 0.1) is 12.3 Å². The number of carbonyl (C=O) groups is 2. The highest BCUT2D eigenvalue weighted by Crippen LogP contribution is 2.23. The largest absolute Gasteiger partial charge is 0.465 e. The van der Waals surface area contributed by atoms with Crippen molar-refractivity contribution in [1.82, 2.24) is 9.97 Å². The number of likely N-dealkylation sites (N-methyl/N-ethyl adjacent to an activating group) is 1. The molecule has 31 heavy (non-hydrogen) atoms. The number of nitrogens with one attached hydrogen (secondary N) is 2. The van der Waals surface area contributed by atoms with E-state index in [0.29, 0.717) is 12.6 Å². The Kier molecular flexibility index (Phi) is 7.16. The minimum atomic E-state index is -0.262. The molecule has 0 atom stereocenters. The number of ether oxygens (including phenoxy) is 1. The first kappa shape index (κ1) is 21.8. The van der Waals surface area contributed by atoms with Crippen LogP contribution in [0.25, 0.3) is 11.3 Å². The smallest absolute Gasteiger partial charge is 0.325 e. The van der Waals surface area contributed by atoms with Gasteiger partial charge in [-0.3, -0.25) is 9.59 Å². The molecule has 1 heterocycles. The van der Waals surface area contributed by atoms with Gasteiger partial charge in [0.15, 0.2) is 0 Å². The highest BCUT2D eigenvalue weighted by atomic mass is 16.5. The van der Waals surface area contributed by atoms with E-state index in [1.54, 1.807) is 13.1 Å². The molecule has 0 bridgehead atoms. The lowest BCUT2D eigenvalue weighted by Crippen LogP contribution is -2.26. The maximum atomic E-state index is 11.6. The van der Waals surface area contributed by atoms with Gasteiger partial charge >= 0.3 is 5.97 Å². The zero-order chi connectivity index (χ0) is 22.2. The van der Waals surface area contributed by atoms with Gasteiger partial charge in [0.25, 0.3) is 0 Å². The number of hydrogen-bond acceptors (Lipinski definition) is 7. The number of nitrogens with zero attached hydrogens (tertiary/aromatic N) is 3. The molecule has 8 heteroatoms. The average Bonchev–Trinajstić information content (AvgIpc) is 2.75. The normalized spacial score (nSPS) is 10.3. The van der Waals surface area contributed by atoms with Crippen LogP contribution < -0.4 is 15.5 Å². The molecule has 3 aromatic rings. The molecule has 0 aliphatic rings. The lowest BCUT2D eigenvalue weighted by atomic mass is 10.1. The standard InChI is InChI=1S/C23H25N5O3/c1-4-31-22(30)15-28(3)20-11-9-19(10-12-20)26-23-24-14-13-21(27-23)17-5-7-18(8-6-17)25-16(2)29/h5-14H,4,15H2,1-3H3,(H,25,29)(H,24,26,27). The number of rotatable bonds is 8. The van der Waals surface area contributed by atoms with Crippen LogP contribution in [0.4, 0.5) is 23.0 Å². The molecular weight excluding hydrogens is 394 g/mol. The summed E-state index contributed by atoms with van der Waals surface area (Å²) in [6, 6.07) is 16.9. The van der Waals surface area contributed by atoms with Gasteiger partial charge in [0.1, 0.15) is 6.54 Å². The van der Waals surface area contributed by atoms with Crippen molar-refractivity contribution in [3.63, 3.8) is 0 Å². The third-order valence-electron chi connectivity index (χ3n) is 4.39. The van der Waals surface area contributed by atoms with Crippen molar-refractivity contribution in [3.05, 3.63) is 60.8 Å². The third-order valence-corrected chi connectivity index (χ3v) is 4.39. The zero-order valence-corrected chi connectivity index (χ0v) is 17.8. The fourth-order valence-electron chi connectivity index (χ4n) is 2.93. The van der Waals surface area contributed by atoms with Gasteiger partial charge in [-0.1, -0.05) is 12.1 Å². The highest BCUT2D eigenvalue weighted by molar-refractivity contribution is 5.88. The summed E-state index contributed by atoms with van der Waals surface area (Å²) in [4.78, 5) is 33.5. The van der Waals surface area contributed by atoms with Crippen LogP contribution in [0.2, 0.25) is 0 Å². The maximum absolute atomic E-state index is 11.6. The summed E-state index contributed by atoms with van der Waals surface area (Å²) < 4.78 is 4.98. The average molecular weight is 419 g/mol. The van der Waals surface area contributed by atoms with Crippen molar-refractivity contribution >= 4 is 34.9 Å². The Morgan fingerprint density at radius 1 is 1.00 bits per heavy atom. The molecule has 0 fully saturated rings. The quantitative estimate of drug-likeness (QED) is 0.536. The van der Waals surface area contributed by atoms with Gasteiger partial charge < -0.3 is 20.3 Å². The second-order valence-electron chi connectivity index (χ2n) is 6.86. The van der Waals surface area contributed by atoms with Crippen LogP contribution in [0, 0.1) is 0 Å². The summed E-state index contributed by atoms with van der Waals surface area (Å²) in [6.07, 6.45) is 1.69. The van der Waals surface area contributed by atoms with E-state index >= 15 is 0 Å². The van der Waals surface area contributed by atoms with Gasteiger partial charge in [0, 0.05) is 42.8 Å². The monoisotopic (exact) mass is 419 g/mol. The molecule has 3 rings (SSSR count). The van der Waals surface area contributed by atoms with Crippen LogP contribution in [-0.2, 0) is 14.3 Å². The van der Waals surface area contributed by atoms with Crippen molar-refractivity contribution < 1.29 is 14.3 Å². The minimum absolute atomic E-state index is 0.112. The Balaban J connectivity index is 1.67. The molecule has 0 spiro atoms. The first-order valence-corrected chi connectivity index (χ1v) is 9.89. The predicted molar refractivity (Wildman–Crippen MR) is 121 cm³/mol. The van der Waals surface area contributed by atoms with Crippen molar-refractivity contribution in [2.24, 2.45) is 0 Å². The van der Waals surface area contributed by atoms with E-state index < -0.39 is 0 Å².